The van der Waals surface area contributed by atoms with E-state index in [-0.39, 0.29) is 19.0 Å². The molecule has 0 radical (unpaired) electrons. The maximum atomic E-state index is 12.4. The number of aromatic nitrogens is 2. The van der Waals surface area contributed by atoms with Crippen molar-refractivity contribution in [3.05, 3.63) is 54.1 Å². The van der Waals surface area contributed by atoms with Crippen LogP contribution in [0.2, 0.25) is 0 Å². The second kappa shape index (κ2) is 14.0. The van der Waals surface area contributed by atoms with Gasteiger partial charge in [-0.15, -0.1) is 0 Å². The highest BCUT2D eigenvalue weighted by atomic mass is 16.5. The van der Waals surface area contributed by atoms with Gasteiger partial charge in [-0.2, -0.15) is 0 Å². The van der Waals surface area contributed by atoms with Gasteiger partial charge in [-0.1, -0.05) is 88.6 Å². The predicted octanol–water partition coefficient (Wildman–Crippen LogP) is 5.42. The van der Waals surface area contributed by atoms with Gasteiger partial charge in [0, 0.05) is 6.92 Å². The Kier molecular flexibility index (Phi) is 11.2. The first-order chi connectivity index (χ1) is 14.6. The molecular weight excluding hydrogens is 374 g/mol. The molecule has 0 aliphatic carbocycles. The third-order valence-electron chi connectivity index (χ3n) is 5.78. The molecule has 1 aromatic heterocycles. The number of hydrogen-bond acceptors (Lipinski definition) is 2. The first-order valence-electron chi connectivity index (χ1n) is 11.7. The van der Waals surface area contributed by atoms with Gasteiger partial charge < -0.3 is 0 Å². The number of amides is 1. The van der Waals surface area contributed by atoms with Gasteiger partial charge in [0.05, 0.1) is 13.1 Å². The molecule has 30 heavy (non-hydrogen) atoms. The van der Waals surface area contributed by atoms with Crippen molar-refractivity contribution in [2.45, 2.75) is 97.7 Å². The highest BCUT2D eigenvalue weighted by Gasteiger charge is 2.19. The molecule has 5 nitrogen and oxygen atoms in total. The topological polar surface area (TPSA) is 49.3 Å². The Balaban J connectivity index is 1.64. The highest BCUT2D eigenvalue weighted by molar-refractivity contribution is 5.73. The fourth-order valence-electron chi connectivity index (χ4n) is 3.79. The Morgan fingerprint density at radius 1 is 0.967 bits per heavy atom. The standard InChI is InChI=1S/C25H40N3O2/c1-3-4-5-6-7-8-9-10-11-15-18-26-19-20-27(23(26)2)22-25(29)28(30)21-24-16-13-12-14-17-24/h12-14,16-17,19-20,30H,3-11,15,18,21-22H2,1-2H3/q+1. The summed E-state index contributed by atoms with van der Waals surface area (Å²) in [5, 5.41) is 10.9. The van der Waals surface area contributed by atoms with Gasteiger partial charge in [0.15, 0.2) is 6.54 Å². The van der Waals surface area contributed by atoms with Crippen molar-refractivity contribution < 1.29 is 14.6 Å². The number of aryl methyl sites for hydroxylation is 1. The summed E-state index contributed by atoms with van der Waals surface area (Å²) >= 11 is 0. The molecule has 1 amide bonds. The fraction of sp³-hybridized carbons (Fsp3) is 0.600. The van der Waals surface area contributed by atoms with Crippen molar-refractivity contribution in [2.24, 2.45) is 0 Å². The van der Waals surface area contributed by atoms with Crippen LogP contribution in [0.5, 0.6) is 0 Å². The van der Waals surface area contributed by atoms with Crippen molar-refractivity contribution in [3.63, 3.8) is 0 Å². The quantitative estimate of drug-likeness (QED) is 0.183. The van der Waals surface area contributed by atoms with E-state index in [9.17, 15) is 10.0 Å². The van der Waals surface area contributed by atoms with Crippen LogP contribution in [0, 0.1) is 6.92 Å². The lowest BCUT2D eigenvalue weighted by Gasteiger charge is -2.14. The lowest BCUT2D eigenvalue weighted by Crippen LogP contribution is -2.44. The molecule has 0 saturated heterocycles. The van der Waals surface area contributed by atoms with Gasteiger partial charge in [-0.05, 0) is 18.4 Å². The Morgan fingerprint density at radius 3 is 2.20 bits per heavy atom. The molecule has 0 aliphatic rings. The van der Waals surface area contributed by atoms with Crippen molar-refractivity contribution in [2.75, 3.05) is 0 Å². The normalized spacial score (nSPS) is 11.0. The van der Waals surface area contributed by atoms with Gasteiger partial charge in [0.1, 0.15) is 12.4 Å². The average molecular weight is 415 g/mol. The van der Waals surface area contributed by atoms with Crippen LogP contribution in [-0.2, 0) is 24.4 Å². The van der Waals surface area contributed by atoms with E-state index in [1.54, 1.807) is 0 Å². The Labute approximate surface area is 182 Å². The maximum absolute atomic E-state index is 12.4. The van der Waals surface area contributed by atoms with Crippen molar-refractivity contribution >= 4 is 5.91 Å². The summed E-state index contributed by atoms with van der Waals surface area (Å²) in [5.41, 5.74) is 0.911. The number of hydrogen-bond donors (Lipinski definition) is 1. The Bertz CT molecular complexity index is 727. The molecule has 0 fully saturated rings. The number of imidazole rings is 1. The number of hydroxylamine groups is 2. The van der Waals surface area contributed by atoms with Gasteiger partial charge in [-0.3, -0.25) is 10.0 Å². The summed E-state index contributed by atoms with van der Waals surface area (Å²) in [4.78, 5) is 12.4. The van der Waals surface area contributed by atoms with E-state index in [4.69, 9.17) is 0 Å². The molecule has 166 valence electrons. The molecule has 1 heterocycles. The molecule has 1 aromatic carbocycles. The fourth-order valence-corrected chi connectivity index (χ4v) is 3.79. The third-order valence-corrected chi connectivity index (χ3v) is 5.78. The number of carbonyl (C=O) groups excluding carboxylic acids is 1. The molecule has 0 unspecified atom stereocenters. The SMILES string of the molecule is CCCCCCCCCCCCn1cc[n+](CC(=O)N(O)Cc2ccccc2)c1C. The van der Waals surface area contributed by atoms with Crippen LogP contribution >= 0.6 is 0 Å². The van der Waals surface area contributed by atoms with Gasteiger partial charge >= 0.3 is 0 Å². The minimum atomic E-state index is -0.302. The predicted molar refractivity (Wildman–Crippen MR) is 120 cm³/mol. The van der Waals surface area contributed by atoms with Gasteiger partial charge in [-0.25, -0.2) is 14.2 Å². The van der Waals surface area contributed by atoms with Gasteiger partial charge in [0.25, 0.3) is 11.7 Å². The summed E-state index contributed by atoms with van der Waals surface area (Å²) in [6.45, 7) is 5.64. The minimum Gasteiger partial charge on any atom is -0.285 e. The second-order valence-electron chi connectivity index (χ2n) is 8.29. The molecule has 5 heteroatoms. The van der Waals surface area contributed by atoms with Crippen molar-refractivity contribution in [1.82, 2.24) is 9.63 Å². The van der Waals surface area contributed by atoms with E-state index in [2.05, 4.69) is 11.5 Å². The molecule has 0 bridgehead atoms. The van der Waals surface area contributed by atoms with Crippen molar-refractivity contribution in [1.29, 1.82) is 0 Å². The van der Waals surface area contributed by atoms with Crippen LogP contribution in [0.15, 0.2) is 42.7 Å². The van der Waals surface area contributed by atoms with Crippen molar-refractivity contribution in [3.8, 4) is 0 Å². The number of rotatable bonds is 15. The molecule has 0 saturated carbocycles. The lowest BCUT2D eigenvalue weighted by molar-refractivity contribution is -0.691. The molecule has 0 atom stereocenters. The molecule has 2 aromatic rings. The van der Waals surface area contributed by atoms with Gasteiger partial charge in [0.2, 0.25) is 0 Å². The minimum absolute atomic E-state index is 0.153. The average Bonchev–Trinajstić information content (AvgIpc) is 3.09. The highest BCUT2D eigenvalue weighted by Crippen LogP contribution is 2.11. The summed E-state index contributed by atoms with van der Waals surface area (Å²) in [7, 11) is 0. The van der Waals surface area contributed by atoms with E-state index < -0.39 is 0 Å². The van der Waals surface area contributed by atoms with Crippen LogP contribution in [-0.4, -0.2) is 20.7 Å². The smallest absolute Gasteiger partial charge is 0.285 e. The summed E-state index contributed by atoms with van der Waals surface area (Å²) in [6, 6.07) is 9.53. The Morgan fingerprint density at radius 2 is 1.57 bits per heavy atom. The molecule has 1 N–H and O–H groups in total. The monoisotopic (exact) mass is 414 g/mol. The summed E-state index contributed by atoms with van der Waals surface area (Å²) in [5.74, 6) is 0.746. The maximum Gasteiger partial charge on any atom is 0.288 e. The van der Waals surface area contributed by atoms with Crippen LogP contribution in [0.1, 0.15) is 82.5 Å². The number of carbonyl (C=O) groups is 1. The number of benzene rings is 1. The lowest BCUT2D eigenvalue weighted by atomic mass is 10.1. The Hall–Kier alpha value is -2.14. The van der Waals surface area contributed by atoms with Crippen LogP contribution in [0.3, 0.4) is 0 Å². The van der Waals surface area contributed by atoms with E-state index in [1.165, 1.54) is 64.2 Å². The molecule has 0 aliphatic heterocycles. The number of nitrogens with zero attached hydrogens (tertiary/aromatic N) is 3. The number of unbranched alkanes of at least 4 members (excludes halogenated alkanes) is 9. The largest absolute Gasteiger partial charge is 0.288 e. The zero-order valence-corrected chi connectivity index (χ0v) is 18.9. The first kappa shape index (κ1) is 24.1. The van der Waals surface area contributed by atoms with Crippen LogP contribution in [0.25, 0.3) is 0 Å². The zero-order valence-electron chi connectivity index (χ0n) is 18.9. The molecular formula is C25H40N3O2+. The van der Waals surface area contributed by atoms with E-state index in [1.807, 2.05) is 54.2 Å². The van der Waals surface area contributed by atoms with E-state index in [0.29, 0.717) is 0 Å². The van der Waals surface area contributed by atoms with E-state index >= 15 is 0 Å². The zero-order chi connectivity index (χ0) is 21.6. The molecule has 0 spiro atoms. The van der Waals surface area contributed by atoms with Crippen LogP contribution < -0.4 is 4.57 Å². The van der Waals surface area contributed by atoms with Crippen LogP contribution in [0.4, 0.5) is 0 Å². The van der Waals surface area contributed by atoms with E-state index in [0.717, 1.165) is 23.0 Å². The second-order valence-corrected chi connectivity index (χ2v) is 8.29. The first-order valence-corrected chi connectivity index (χ1v) is 11.7. The third kappa shape index (κ3) is 8.70. The molecule has 2 rings (SSSR count). The summed E-state index contributed by atoms with van der Waals surface area (Å²) in [6.07, 6.45) is 17.3. The summed E-state index contributed by atoms with van der Waals surface area (Å²) < 4.78 is 4.11.